The zero-order chi connectivity index (χ0) is 21.3. The summed E-state index contributed by atoms with van der Waals surface area (Å²) in [6, 6.07) is 7.97. The number of aliphatic hydroxyl groups excluding tert-OH is 1. The number of hydrogen-bond acceptors (Lipinski definition) is 7. The second kappa shape index (κ2) is 8.10. The van der Waals surface area contributed by atoms with Crippen LogP contribution in [0.25, 0.3) is 0 Å². The molecule has 29 heavy (non-hydrogen) atoms. The standard InChI is InChI=1S/C22H28O7/c1-22(2,27)29-11-16-14(10-23)6-13-8-20(28-3)19(26)9-15(13)21(16)12-4-5-17(24)18(25)7-12/h4-5,7-9,14,16,21,23-27H,6,10-11H2,1-3H3/t14-,16-,21-/m0/s1. The van der Waals surface area contributed by atoms with Crippen molar-refractivity contribution in [1.82, 2.24) is 0 Å². The van der Waals surface area contributed by atoms with Crippen LogP contribution in [0.5, 0.6) is 23.0 Å². The van der Waals surface area contributed by atoms with Gasteiger partial charge in [-0.3, -0.25) is 0 Å². The molecule has 0 heterocycles. The van der Waals surface area contributed by atoms with Crippen LogP contribution in [0.2, 0.25) is 0 Å². The molecular weight excluding hydrogens is 376 g/mol. The van der Waals surface area contributed by atoms with E-state index >= 15 is 0 Å². The summed E-state index contributed by atoms with van der Waals surface area (Å²) >= 11 is 0. The van der Waals surface area contributed by atoms with E-state index in [2.05, 4.69) is 0 Å². The highest BCUT2D eigenvalue weighted by Gasteiger charge is 2.39. The van der Waals surface area contributed by atoms with Crippen molar-refractivity contribution >= 4 is 0 Å². The molecule has 0 unspecified atom stereocenters. The van der Waals surface area contributed by atoms with Crippen molar-refractivity contribution in [3.63, 3.8) is 0 Å². The van der Waals surface area contributed by atoms with Crippen molar-refractivity contribution in [3.8, 4) is 23.0 Å². The number of aromatic hydroxyl groups is 3. The summed E-state index contributed by atoms with van der Waals surface area (Å²) < 4.78 is 10.9. The SMILES string of the molecule is COc1cc2c(cc1O)[C@H](c1ccc(O)c(O)c1)[C@@H](COC(C)(C)O)[C@H](CO)C2. The number of phenolic OH excluding ortho intramolecular Hbond substituents is 3. The molecule has 158 valence electrons. The maximum absolute atomic E-state index is 10.4. The highest BCUT2D eigenvalue weighted by molar-refractivity contribution is 5.53. The Morgan fingerprint density at radius 2 is 1.76 bits per heavy atom. The Labute approximate surface area is 169 Å². The topological polar surface area (TPSA) is 120 Å². The van der Waals surface area contributed by atoms with E-state index in [1.807, 2.05) is 0 Å². The third-order valence-electron chi connectivity index (χ3n) is 5.51. The van der Waals surface area contributed by atoms with Gasteiger partial charge in [-0.2, -0.15) is 0 Å². The quantitative estimate of drug-likeness (QED) is 0.371. The lowest BCUT2D eigenvalue weighted by Gasteiger charge is -2.40. The molecule has 0 radical (unpaired) electrons. The van der Waals surface area contributed by atoms with Crippen molar-refractivity contribution in [3.05, 3.63) is 47.0 Å². The zero-order valence-electron chi connectivity index (χ0n) is 16.8. The van der Waals surface area contributed by atoms with Gasteiger partial charge in [0.15, 0.2) is 28.8 Å². The molecule has 5 N–H and O–H groups in total. The van der Waals surface area contributed by atoms with Gasteiger partial charge in [-0.15, -0.1) is 0 Å². The van der Waals surface area contributed by atoms with Gasteiger partial charge in [0.25, 0.3) is 0 Å². The lowest BCUT2D eigenvalue weighted by Crippen LogP contribution is -2.38. The minimum Gasteiger partial charge on any atom is -0.504 e. The van der Waals surface area contributed by atoms with Crippen molar-refractivity contribution in [2.75, 3.05) is 20.3 Å². The second-order valence-corrected chi connectivity index (χ2v) is 8.02. The Kier molecular flexibility index (Phi) is 5.93. The fraction of sp³-hybridized carbons (Fsp3) is 0.455. The van der Waals surface area contributed by atoms with Gasteiger partial charge in [0.1, 0.15) is 0 Å². The molecule has 0 aliphatic heterocycles. The molecular formula is C22H28O7. The third kappa shape index (κ3) is 4.42. The molecule has 0 spiro atoms. The lowest BCUT2D eigenvalue weighted by atomic mass is 9.67. The maximum Gasteiger partial charge on any atom is 0.160 e. The van der Waals surface area contributed by atoms with Gasteiger partial charge in [0.2, 0.25) is 0 Å². The molecule has 7 nitrogen and oxygen atoms in total. The molecule has 7 heteroatoms. The number of hydrogen-bond donors (Lipinski definition) is 5. The van der Waals surface area contributed by atoms with Crippen LogP contribution in [0.15, 0.2) is 30.3 Å². The Morgan fingerprint density at radius 1 is 1.03 bits per heavy atom. The molecule has 0 saturated heterocycles. The summed E-state index contributed by atoms with van der Waals surface area (Å²) in [5.41, 5.74) is 2.44. The molecule has 0 saturated carbocycles. The zero-order valence-corrected chi connectivity index (χ0v) is 16.8. The number of ether oxygens (including phenoxy) is 2. The Balaban J connectivity index is 2.14. The summed E-state index contributed by atoms with van der Waals surface area (Å²) in [6.45, 7) is 3.14. The molecule has 0 amide bonds. The molecule has 0 bridgehead atoms. The van der Waals surface area contributed by atoms with E-state index in [-0.39, 0.29) is 48.2 Å². The smallest absolute Gasteiger partial charge is 0.160 e. The average molecular weight is 404 g/mol. The van der Waals surface area contributed by atoms with Crippen molar-refractivity contribution in [1.29, 1.82) is 0 Å². The van der Waals surface area contributed by atoms with Crippen molar-refractivity contribution in [2.45, 2.75) is 32.0 Å². The van der Waals surface area contributed by atoms with E-state index in [4.69, 9.17) is 9.47 Å². The molecule has 1 aliphatic carbocycles. The first kappa shape index (κ1) is 21.2. The molecule has 0 fully saturated rings. The van der Waals surface area contributed by atoms with Crippen LogP contribution in [-0.4, -0.2) is 51.6 Å². The third-order valence-corrected chi connectivity index (χ3v) is 5.51. The Morgan fingerprint density at radius 3 is 2.34 bits per heavy atom. The van der Waals surface area contributed by atoms with E-state index in [0.717, 1.165) is 11.1 Å². The first-order chi connectivity index (χ1) is 13.6. The van der Waals surface area contributed by atoms with Crippen LogP contribution < -0.4 is 4.74 Å². The summed E-state index contributed by atoms with van der Waals surface area (Å²) in [5.74, 6) is -2.26. The van der Waals surface area contributed by atoms with Crippen LogP contribution in [0.1, 0.15) is 36.5 Å². The van der Waals surface area contributed by atoms with Gasteiger partial charge in [0.05, 0.1) is 13.7 Å². The molecule has 3 rings (SSSR count). The molecule has 3 atom stereocenters. The van der Waals surface area contributed by atoms with Gasteiger partial charge in [-0.25, -0.2) is 0 Å². The summed E-state index contributed by atoms with van der Waals surface area (Å²) in [7, 11) is 1.48. The van der Waals surface area contributed by atoms with E-state index < -0.39 is 5.79 Å². The molecule has 2 aromatic carbocycles. The molecule has 2 aromatic rings. The summed E-state index contributed by atoms with van der Waals surface area (Å²) in [6.07, 6.45) is 0.545. The minimum atomic E-state index is -1.34. The summed E-state index contributed by atoms with van der Waals surface area (Å²) in [5, 5.41) is 50.2. The van der Waals surface area contributed by atoms with Gasteiger partial charge in [-0.1, -0.05) is 6.07 Å². The molecule has 0 aromatic heterocycles. The number of benzene rings is 2. The van der Waals surface area contributed by atoms with Gasteiger partial charge < -0.3 is 35.0 Å². The fourth-order valence-corrected chi connectivity index (χ4v) is 4.09. The maximum atomic E-state index is 10.4. The normalized spacial score (nSPS) is 21.6. The number of fused-ring (bicyclic) bond motifs is 1. The molecule has 1 aliphatic rings. The van der Waals surface area contributed by atoms with Crippen LogP contribution >= 0.6 is 0 Å². The summed E-state index contributed by atoms with van der Waals surface area (Å²) in [4.78, 5) is 0. The van der Waals surface area contributed by atoms with Crippen LogP contribution in [-0.2, 0) is 11.2 Å². The number of aliphatic hydroxyl groups is 2. The largest absolute Gasteiger partial charge is 0.504 e. The van der Waals surface area contributed by atoms with Crippen molar-refractivity contribution < 1.29 is 35.0 Å². The highest BCUT2D eigenvalue weighted by Crippen LogP contribution is 2.48. The number of methoxy groups -OCH3 is 1. The predicted octanol–water partition coefficient (Wildman–Crippen LogP) is 2.47. The van der Waals surface area contributed by atoms with Crippen molar-refractivity contribution in [2.24, 2.45) is 11.8 Å². The van der Waals surface area contributed by atoms with Gasteiger partial charge >= 0.3 is 0 Å². The first-order valence-electron chi connectivity index (χ1n) is 9.53. The average Bonchev–Trinajstić information content (AvgIpc) is 2.66. The van der Waals surface area contributed by atoms with Gasteiger partial charge in [-0.05, 0) is 73.1 Å². The van der Waals surface area contributed by atoms with Crippen LogP contribution in [0.3, 0.4) is 0 Å². The number of phenols is 3. The number of rotatable bonds is 6. The van der Waals surface area contributed by atoms with E-state index in [0.29, 0.717) is 17.7 Å². The van der Waals surface area contributed by atoms with E-state index in [1.54, 1.807) is 18.2 Å². The highest BCUT2D eigenvalue weighted by atomic mass is 16.6. The monoisotopic (exact) mass is 404 g/mol. The second-order valence-electron chi connectivity index (χ2n) is 8.02. The fourth-order valence-electron chi connectivity index (χ4n) is 4.09. The van der Waals surface area contributed by atoms with E-state index in [9.17, 15) is 25.5 Å². The first-order valence-corrected chi connectivity index (χ1v) is 9.53. The van der Waals surface area contributed by atoms with E-state index in [1.165, 1.54) is 33.1 Å². The Bertz CT molecular complexity index is 872. The minimum absolute atomic E-state index is 0.0103. The van der Waals surface area contributed by atoms with Crippen LogP contribution in [0, 0.1) is 11.8 Å². The van der Waals surface area contributed by atoms with Gasteiger partial charge in [0, 0.05) is 12.5 Å². The van der Waals surface area contributed by atoms with Crippen LogP contribution in [0.4, 0.5) is 0 Å². The predicted molar refractivity (Wildman–Crippen MR) is 106 cm³/mol. The lowest BCUT2D eigenvalue weighted by molar-refractivity contribution is -0.188. The Hall–Kier alpha value is -2.48.